The van der Waals surface area contributed by atoms with Crippen LogP contribution in [0.25, 0.3) is 33.7 Å². The summed E-state index contributed by atoms with van der Waals surface area (Å²) in [4.78, 5) is 22.4. The molecule has 0 radical (unpaired) electrons. The number of amides is 1. The largest absolute Gasteiger partial charge is 0.342 e. The van der Waals surface area contributed by atoms with Crippen molar-refractivity contribution in [2.24, 2.45) is 10.2 Å². The topological polar surface area (TPSA) is 100 Å². The molecular weight excluding hydrogens is 527 g/mol. The number of imidazole rings is 1. The van der Waals surface area contributed by atoms with Crippen molar-refractivity contribution in [3.05, 3.63) is 106 Å². The molecule has 2 N–H and O–H groups in total. The minimum Gasteiger partial charge on any atom is -0.342 e. The molecule has 0 unspecified atom stereocenters. The molecule has 0 saturated carbocycles. The van der Waals surface area contributed by atoms with E-state index < -0.39 is 0 Å². The fourth-order valence-electron chi connectivity index (χ4n) is 4.14. The van der Waals surface area contributed by atoms with Gasteiger partial charge in [0.25, 0.3) is 5.91 Å². The second-order valence-corrected chi connectivity index (χ2v) is 10.7. The normalized spacial score (nSPS) is 15.8. The maximum absolute atomic E-state index is 12.8. The zero-order chi connectivity index (χ0) is 26.8. The Kier molecular flexibility index (Phi) is 6.78. The number of H-pyrrole nitrogens is 1. The van der Waals surface area contributed by atoms with Crippen molar-refractivity contribution in [3.63, 3.8) is 0 Å². The first kappa shape index (κ1) is 24.8. The SMILES string of the molecule is C/C(=N\N=C1\NC(=O)/C(=C/c2cn(-c3ccccc3)nc2-c2cccs2)S1)c1nc(-c2ccccc2)[nH]c1C. The van der Waals surface area contributed by atoms with Crippen molar-refractivity contribution in [1.29, 1.82) is 0 Å². The van der Waals surface area contributed by atoms with Crippen LogP contribution in [0.15, 0.2) is 99.5 Å². The van der Waals surface area contributed by atoms with Gasteiger partial charge in [0.2, 0.25) is 0 Å². The number of hydrogen-bond acceptors (Lipinski definition) is 7. The van der Waals surface area contributed by atoms with Crippen LogP contribution < -0.4 is 5.32 Å². The molecule has 0 atom stereocenters. The molecule has 1 saturated heterocycles. The van der Waals surface area contributed by atoms with E-state index in [4.69, 9.17) is 10.1 Å². The number of para-hydroxylation sites is 1. The molecule has 1 aliphatic rings. The van der Waals surface area contributed by atoms with Crippen LogP contribution >= 0.6 is 23.1 Å². The van der Waals surface area contributed by atoms with Crippen LogP contribution in [-0.2, 0) is 4.79 Å². The van der Waals surface area contributed by atoms with Gasteiger partial charge in [-0.15, -0.1) is 16.4 Å². The third-order valence-corrected chi connectivity index (χ3v) is 7.80. The number of nitrogens with one attached hydrogen (secondary N) is 2. The van der Waals surface area contributed by atoms with Crippen LogP contribution in [0.5, 0.6) is 0 Å². The molecule has 10 heteroatoms. The Morgan fingerprint density at radius 1 is 1.03 bits per heavy atom. The molecule has 1 aliphatic heterocycles. The number of carbonyl (C=O) groups excluding carboxylic acids is 1. The fraction of sp³-hybridized carbons (Fsp3) is 0.0690. The summed E-state index contributed by atoms with van der Waals surface area (Å²) in [6.07, 6.45) is 3.79. The monoisotopic (exact) mass is 549 g/mol. The van der Waals surface area contributed by atoms with E-state index >= 15 is 0 Å². The summed E-state index contributed by atoms with van der Waals surface area (Å²) < 4.78 is 1.83. The van der Waals surface area contributed by atoms with Gasteiger partial charge < -0.3 is 4.98 Å². The van der Waals surface area contributed by atoms with E-state index in [2.05, 4.69) is 20.5 Å². The van der Waals surface area contributed by atoms with E-state index in [1.165, 1.54) is 11.8 Å². The maximum Gasteiger partial charge on any atom is 0.264 e. The smallest absolute Gasteiger partial charge is 0.264 e. The van der Waals surface area contributed by atoms with Crippen LogP contribution in [0.3, 0.4) is 0 Å². The Balaban J connectivity index is 1.26. The number of aryl methyl sites for hydroxylation is 1. The third-order valence-electron chi connectivity index (χ3n) is 6.02. The van der Waals surface area contributed by atoms with E-state index in [-0.39, 0.29) is 5.91 Å². The highest BCUT2D eigenvalue weighted by atomic mass is 32.2. The molecule has 3 aromatic heterocycles. The van der Waals surface area contributed by atoms with Gasteiger partial charge in [0, 0.05) is 23.0 Å². The van der Waals surface area contributed by atoms with Gasteiger partial charge in [-0.1, -0.05) is 54.6 Å². The zero-order valence-corrected chi connectivity index (χ0v) is 22.8. The number of nitrogens with zero attached hydrogens (tertiary/aromatic N) is 5. The first-order valence-corrected chi connectivity index (χ1v) is 13.9. The Hall–Kier alpha value is -4.54. The van der Waals surface area contributed by atoms with E-state index in [0.29, 0.717) is 15.8 Å². The molecule has 0 aliphatic carbocycles. The lowest BCUT2D eigenvalue weighted by Gasteiger charge is -1.99. The first-order chi connectivity index (χ1) is 19.0. The number of thiophene rings is 1. The van der Waals surface area contributed by atoms with Crippen molar-refractivity contribution in [3.8, 4) is 27.6 Å². The third kappa shape index (κ3) is 5.25. The molecule has 0 spiro atoms. The van der Waals surface area contributed by atoms with Crippen molar-refractivity contribution in [2.45, 2.75) is 13.8 Å². The molecule has 6 rings (SSSR count). The minimum atomic E-state index is -0.224. The molecule has 8 nitrogen and oxygen atoms in total. The zero-order valence-electron chi connectivity index (χ0n) is 21.1. The number of benzene rings is 2. The van der Waals surface area contributed by atoms with E-state index in [9.17, 15) is 4.79 Å². The molecule has 1 amide bonds. The van der Waals surface area contributed by atoms with Gasteiger partial charge in [-0.25, -0.2) is 9.67 Å². The molecule has 4 heterocycles. The second-order valence-electron chi connectivity index (χ2n) is 8.77. The average molecular weight is 550 g/mol. The van der Waals surface area contributed by atoms with Gasteiger partial charge in [-0.3, -0.25) is 10.1 Å². The number of hydrogen-bond donors (Lipinski definition) is 2. The van der Waals surface area contributed by atoms with Gasteiger partial charge >= 0.3 is 0 Å². The maximum atomic E-state index is 12.8. The molecule has 39 heavy (non-hydrogen) atoms. The predicted molar refractivity (Wildman–Crippen MR) is 159 cm³/mol. The molecule has 1 fully saturated rings. The summed E-state index contributed by atoms with van der Waals surface area (Å²) >= 11 is 2.86. The lowest BCUT2D eigenvalue weighted by Crippen LogP contribution is -2.19. The van der Waals surface area contributed by atoms with Gasteiger partial charge in [-0.2, -0.15) is 10.2 Å². The highest BCUT2D eigenvalue weighted by Gasteiger charge is 2.25. The Bertz CT molecular complexity index is 1730. The lowest BCUT2D eigenvalue weighted by molar-refractivity contribution is -0.115. The number of carbonyl (C=O) groups is 1. The van der Waals surface area contributed by atoms with Crippen molar-refractivity contribution in [1.82, 2.24) is 25.1 Å². The van der Waals surface area contributed by atoms with Gasteiger partial charge in [-0.05, 0) is 55.3 Å². The summed E-state index contributed by atoms with van der Waals surface area (Å²) in [6, 6.07) is 23.8. The Morgan fingerprint density at radius 3 is 2.54 bits per heavy atom. The first-order valence-electron chi connectivity index (χ1n) is 12.2. The highest BCUT2D eigenvalue weighted by molar-refractivity contribution is 8.18. The van der Waals surface area contributed by atoms with Crippen LogP contribution in [0, 0.1) is 6.92 Å². The number of amidine groups is 1. The summed E-state index contributed by atoms with van der Waals surface area (Å²) in [5.41, 5.74) is 5.89. The van der Waals surface area contributed by atoms with Gasteiger partial charge in [0.15, 0.2) is 5.17 Å². The van der Waals surface area contributed by atoms with Gasteiger partial charge in [0.1, 0.15) is 17.2 Å². The van der Waals surface area contributed by atoms with E-state index in [1.54, 1.807) is 11.3 Å². The van der Waals surface area contributed by atoms with Crippen LogP contribution in [-0.4, -0.2) is 36.5 Å². The van der Waals surface area contributed by atoms with Crippen molar-refractivity contribution < 1.29 is 4.79 Å². The second kappa shape index (κ2) is 10.7. The van der Waals surface area contributed by atoms with Gasteiger partial charge in [0.05, 0.1) is 21.2 Å². The van der Waals surface area contributed by atoms with Crippen LogP contribution in [0.2, 0.25) is 0 Å². The van der Waals surface area contributed by atoms with E-state index in [1.807, 2.05) is 109 Å². The summed E-state index contributed by atoms with van der Waals surface area (Å²) in [5.74, 6) is 0.551. The molecule has 0 bridgehead atoms. The molecule has 192 valence electrons. The van der Waals surface area contributed by atoms with Crippen molar-refractivity contribution in [2.75, 3.05) is 0 Å². The average Bonchev–Trinajstić information content (AvgIpc) is 3.76. The lowest BCUT2D eigenvalue weighted by atomic mass is 10.2. The minimum absolute atomic E-state index is 0.224. The summed E-state index contributed by atoms with van der Waals surface area (Å²) in [7, 11) is 0. The summed E-state index contributed by atoms with van der Waals surface area (Å²) in [6.45, 7) is 3.81. The van der Waals surface area contributed by atoms with Crippen LogP contribution in [0.1, 0.15) is 23.9 Å². The van der Waals surface area contributed by atoms with Crippen molar-refractivity contribution >= 4 is 46.0 Å². The van der Waals surface area contributed by atoms with Crippen LogP contribution in [0.4, 0.5) is 0 Å². The predicted octanol–water partition coefficient (Wildman–Crippen LogP) is 6.28. The number of aromatic nitrogens is 4. The van der Waals surface area contributed by atoms with E-state index in [0.717, 1.165) is 44.6 Å². The Morgan fingerprint density at radius 2 is 1.79 bits per heavy atom. The molecule has 2 aromatic carbocycles. The highest BCUT2D eigenvalue weighted by Crippen LogP contribution is 2.32. The standard InChI is InChI=1S/C29H23N7OS2/c1-18-25(31-27(30-18)20-10-5-3-6-11-20)19(2)33-34-29-32-28(37)24(39-29)16-21-17-36(22-12-7-4-8-13-22)35-26(21)23-14-9-15-38-23/h3-17H,1-2H3,(H,30,31)(H,32,34,37)/b24-16-,33-19+. The fourth-order valence-corrected chi connectivity index (χ4v) is 5.63. The Labute approximate surface area is 233 Å². The summed E-state index contributed by atoms with van der Waals surface area (Å²) in [5, 5.41) is 18.7. The quantitative estimate of drug-likeness (QED) is 0.148. The number of aromatic amines is 1. The molecule has 5 aromatic rings. The number of thioether (sulfide) groups is 1. The molecular formula is C29H23N7OS2. The number of rotatable bonds is 6.